The number of fused-ring (bicyclic) bond motifs is 1. The fourth-order valence-electron chi connectivity index (χ4n) is 4.70. The molecule has 27 heavy (non-hydrogen) atoms. The molecule has 0 bridgehead atoms. The van der Waals surface area contributed by atoms with E-state index in [1.807, 2.05) is 15.9 Å². The van der Waals surface area contributed by atoms with Gasteiger partial charge < -0.3 is 9.80 Å². The molecule has 4 heteroatoms. The van der Waals surface area contributed by atoms with Crippen molar-refractivity contribution in [2.45, 2.75) is 65.2 Å². The van der Waals surface area contributed by atoms with Gasteiger partial charge in [0.05, 0.1) is 0 Å². The number of amides is 2. The Morgan fingerprint density at radius 3 is 2.30 bits per heavy atom. The maximum atomic E-state index is 13.2. The van der Waals surface area contributed by atoms with Crippen LogP contribution in [0.2, 0.25) is 0 Å². The number of nitrogens with zero attached hydrogens (tertiary/aromatic N) is 2. The fraction of sp³-hybridized carbons (Fsp3) is 0.652. The van der Waals surface area contributed by atoms with Crippen LogP contribution in [-0.4, -0.2) is 36.3 Å². The monoisotopic (exact) mass is 370 g/mol. The lowest BCUT2D eigenvalue weighted by Gasteiger charge is -2.36. The van der Waals surface area contributed by atoms with Gasteiger partial charge in [-0.25, -0.2) is 0 Å². The van der Waals surface area contributed by atoms with Crippen molar-refractivity contribution in [1.82, 2.24) is 4.90 Å². The highest BCUT2D eigenvalue weighted by molar-refractivity contribution is 5.96. The Morgan fingerprint density at radius 2 is 1.63 bits per heavy atom. The highest BCUT2D eigenvalue weighted by Gasteiger charge is 2.35. The van der Waals surface area contributed by atoms with Gasteiger partial charge in [0.1, 0.15) is 0 Å². The van der Waals surface area contributed by atoms with Crippen LogP contribution in [0.25, 0.3) is 0 Å². The maximum Gasteiger partial charge on any atom is 0.230 e. The fourth-order valence-corrected chi connectivity index (χ4v) is 4.70. The van der Waals surface area contributed by atoms with Crippen LogP contribution >= 0.6 is 0 Å². The topological polar surface area (TPSA) is 40.6 Å². The van der Waals surface area contributed by atoms with E-state index in [1.165, 1.54) is 5.56 Å². The van der Waals surface area contributed by atoms with Crippen LogP contribution in [0.4, 0.5) is 5.69 Å². The van der Waals surface area contributed by atoms with Gasteiger partial charge in [-0.3, -0.25) is 9.59 Å². The molecule has 1 saturated carbocycles. The van der Waals surface area contributed by atoms with Crippen LogP contribution in [-0.2, 0) is 16.0 Å². The van der Waals surface area contributed by atoms with Crippen molar-refractivity contribution < 1.29 is 9.59 Å². The van der Waals surface area contributed by atoms with Crippen LogP contribution in [0.3, 0.4) is 0 Å². The summed E-state index contributed by atoms with van der Waals surface area (Å²) in [5.74, 6) is 0.770. The molecule has 0 aromatic heterocycles. The van der Waals surface area contributed by atoms with E-state index in [1.54, 1.807) is 0 Å². The number of para-hydroxylation sites is 1. The Balaban J connectivity index is 1.59. The Morgan fingerprint density at radius 1 is 1.00 bits per heavy atom. The van der Waals surface area contributed by atoms with Gasteiger partial charge in [0.25, 0.3) is 0 Å². The lowest BCUT2D eigenvalue weighted by molar-refractivity contribution is -0.138. The first-order valence-electron chi connectivity index (χ1n) is 10.8. The number of benzene rings is 1. The second-order valence-corrected chi connectivity index (χ2v) is 8.10. The van der Waals surface area contributed by atoms with E-state index in [0.717, 1.165) is 76.7 Å². The summed E-state index contributed by atoms with van der Waals surface area (Å²) in [6.45, 7) is 6.80. The molecule has 1 fully saturated rings. The molecule has 0 radical (unpaired) electrons. The van der Waals surface area contributed by atoms with E-state index in [-0.39, 0.29) is 17.7 Å². The third kappa shape index (κ3) is 4.53. The first kappa shape index (κ1) is 19.9. The molecule has 0 atom stereocenters. The summed E-state index contributed by atoms with van der Waals surface area (Å²) in [5.41, 5.74) is 2.39. The molecular formula is C23H34N2O2. The minimum absolute atomic E-state index is 0.0750. The van der Waals surface area contributed by atoms with E-state index in [0.29, 0.717) is 5.91 Å². The molecule has 0 spiro atoms. The Kier molecular flexibility index (Phi) is 6.92. The van der Waals surface area contributed by atoms with Gasteiger partial charge in [-0.1, -0.05) is 32.0 Å². The molecule has 1 heterocycles. The summed E-state index contributed by atoms with van der Waals surface area (Å²) in [6, 6.07) is 8.30. The van der Waals surface area contributed by atoms with Crippen molar-refractivity contribution >= 4 is 17.5 Å². The van der Waals surface area contributed by atoms with Crippen molar-refractivity contribution in [3.05, 3.63) is 29.8 Å². The van der Waals surface area contributed by atoms with Crippen LogP contribution in [0, 0.1) is 11.8 Å². The van der Waals surface area contributed by atoms with Crippen LogP contribution in [0.5, 0.6) is 0 Å². The number of rotatable bonds is 6. The minimum Gasteiger partial charge on any atom is -0.342 e. The van der Waals surface area contributed by atoms with Crippen LogP contribution in [0.15, 0.2) is 24.3 Å². The van der Waals surface area contributed by atoms with E-state index in [4.69, 9.17) is 0 Å². The number of carbonyl (C=O) groups excluding carboxylic acids is 2. The van der Waals surface area contributed by atoms with Gasteiger partial charge in [-0.05, 0) is 63.0 Å². The van der Waals surface area contributed by atoms with Crippen molar-refractivity contribution in [2.75, 3.05) is 24.5 Å². The molecule has 148 valence electrons. The van der Waals surface area contributed by atoms with E-state index in [2.05, 4.69) is 32.0 Å². The van der Waals surface area contributed by atoms with Crippen LogP contribution < -0.4 is 4.90 Å². The number of carbonyl (C=O) groups is 2. The average Bonchev–Trinajstić information content (AvgIpc) is 2.72. The zero-order valence-electron chi connectivity index (χ0n) is 17.0. The summed E-state index contributed by atoms with van der Waals surface area (Å²) in [7, 11) is 0. The van der Waals surface area contributed by atoms with Gasteiger partial charge in [0.15, 0.2) is 0 Å². The highest BCUT2D eigenvalue weighted by atomic mass is 16.2. The summed E-state index contributed by atoms with van der Waals surface area (Å²) >= 11 is 0. The number of hydrogen-bond acceptors (Lipinski definition) is 2. The lowest BCUT2D eigenvalue weighted by Crippen LogP contribution is -2.43. The van der Waals surface area contributed by atoms with Crippen LogP contribution in [0.1, 0.15) is 64.4 Å². The molecule has 0 N–H and O–H groups in total. The third-order valence-corrected chi connectivity index (χ3v) is 6.10. The Bertz CT molecular complexity index is 644. The summed E-state index contributed by atoms with van der Waals surface area (Å²) < 4.78 is 0. The first-order valence-corrected chi connectivity index (χ1v) is 10.8. The van der Waals surface area contributed by atoms with Crippen molar-refractivity contribution in [3.8, 4) is 0 Å². The van der Waals surface area contributed by atoms with Gasteiger partial charge in [-0.2, -0.15) is 0 Å². The predicted octanol–water partition coefficient (Wildman–Crippen LogP) is 4.42. The van der Waals surface area contributed by atoms with Crippen molar-refractivity contribution in [1.29, 1.82) is 0 Å². The molecule has 2 aliphatic rings. The van der Waals surface area contributed by atoms with E-state index < -0.39 is 0 Å². The smallest absolute Gasteiger partial charge is 0.230 e. The van der Waals surface area contributed by atoms with Gasteiger partial charge in [-0.15, -0.1) is 0 Å². The molecule has 0 saturated heterocycles. The molecule has 0 unspecified atom stereocenters. The van der Waals surface area contributed by atoms with E-state index >= 15 is 0 Å². The Labute approximate surface area is 163 Å². The number of hydrogen-bond donors (Lipinski definition) is 0. The average molecular weight is 371 g/mol. The summed E-state index contributed by atoms with van der Waals surface area (Å²) in [6.07, 6.45) is 7.52. The zero-order chi connectivity index (χ0) is 19.2. The molecule has 4 nitrogen and oxygen atoms in total. The first-order chi connectivity index (χ1) is 13.2. The quantitative estimate of drug-likeness (QED) is 0.744. The molecule has 1 aromatic carbocycles. The van der Waals surface area contributed by atoms with Gasteiger partial charge in [0.2, 0.25) is 11.8 Å². The normalized spacial score (nSPS) is 22.2. The minimum atomic E-state index is 0.0750. The van der Waals surface area contributed by atoms with Crippen molar-refractivity contribution in [3.63, 3.8) is 0 Å². The molecule has 1 aromatic rings. The summed E-state index contributed by atoms with van der Waals surface area (Å²) in [5, 5.41) is 0. The SMILES string of the molecule is CCCN(CCC)C(=O)C1CCC(C(=O)N2CCCc3ccccc32)CC1. The Hall–Kier alpha value is -1.84. The standard InChI is InChI=1S/C23H34N2O2/c1-3-15-24(16-4-2)22(26)19-11-13-20(14-12-19)23(27)25-17-7-9-18-8-5-6-10-21(18)25/h5-6,8,10,19-20H,3-4,7,9,11-17H2,1-2H3. The molecule has 1 aliphatic carbocycles. The second-order valence-electron chi connectivity index (χ2n) is 8.10. The van der Waals surface area contributed by atoms with Crippen molar-refractivity contribution in [2.24, 2.45) is 11.8 Å². The molecular weight excluding hydrogens is 336 g/mol. The largest absolute Gasteiger partial charge is 0.342 e. The summed E-state index contributed by atoms with van der Waals surface area (Å²) in [4.78, 5) is 30.1. The predicted molar refractivity (Wildman–Crippen MR) is 110 cm³/mol. The molecule has 3 rings (SSSR count). The maximum absolute atomic E-state index is 13.2. The zero-order valence-corrected chi connectivity index (χ0v) is 17.0. The molecule has 1 aliphatic heterocycles. The number of aryl methyl sites for hydroxylation is 1. The van der Waals surface area contributed by atoms with Gasteiger partial charge >= 0.3 is 0 Å². The third-order valence-electron chi connectivity index (χ3n) is 6.10. The van der Waals surface area contributed by atoms with E-state index in [9.17, 15) is 9.59 Å². The second kappa shape index (κ2) is 9.38. The highest BCUT2D eigenvalue weighted by Crippen LogP contribution is 2.34. The lowest BCUT2D eigenvalue weighted by atomic mass is 9.80. The van der Waals surface area contributed by atoms with Gasteiger partial charge in [0, 0.05) is 37.2 Å². The number of anilines is 1. The molecule has 2 amide bonds.